The van der Waals surface area contributed by atoms with E-state index >= 15 is 0 Å². The van der Waals surface area contributed by atoms with Crippen molar-refractivity contribution in [3.05, 3.63) is 71.8 Å². The van der Waals surface area contributed by atoms with E-state index in [-0.39, 0.29) is 38.3 Å². The quantitative estimate of drug-likeness (QED) is 0.0592. The van der Waals surface area contributed by atoms with Gasteiger partial charge in [-0.3, -0.25) is 4.79 Å². The van der Waals surface area contributed by atoms with Crippen molar-refractivity contribution >= 4 is 54.5 Å². The lowest BCUT2D eigenvalue weighted by atomic mass is 9.77. The molecule has 0 aromatic heterocycles. The molecule has 11 nitrogen and oxygen atoms in total. The number of benzene rings is 2. The molecule has 3 saturated heterocycles. The molecule has 2 bridgehead atoms. The summed E-state index contributed by atoms with van der Waals surface area (Å²) in [5.41, 5.74) is 1.26. The molecule has 3 heterocycles. The summed E-state index contributed by atoms with van der Waals surface area (Å²) in [7, 11) is -3.34. The Labute approximate surface area is 377 Å². The summed E-state index contributed by atoms with van der Waals surface area (Å²) in [6, 6.07) is 19.6. The van der Waals surface area contributed by atoms with E-state index in [0.29, 0.717) is 16.6 Å². The second-order valence-corrected chi connectivity index (χ2v) is 31.3. The smallest absolute Gasteiger partial charge is 0.316 e. The predicted molar refractivity (Wildman–Crippen MR) is 244 cm³/mol. The van der Waals surface area contributed by atoms with Crippen LogP contribution in [-0.2, 0) is 60.0 Å². The summed E-state index contributed by atoms with van der Waals surface area (Å²) in [5.74, 6) is -1.88. The first-order valence-electron chi connectivity index (χ1n) is 21.4. The van der Waals surface area contributed by atoms with Gasteiger partial charge in [-0.25, -0.2) is 0 Å². The highest BCUT2D eigenvalue weighted by Gasteiger charge is 2.67. The molecule has 0 aliphatic carbocycles. The van der Waals surface area contributed by atoms with Crippen LogP contribution >= 0.6 is 31.9 Å². The number of alkyl halides is 2. The zero-order valence-electron chi connectivity index (χ0n) is 37.6. The SMILES string of the molecule is COCO[C@@H]1[C@H](Br)[C@H](CO[Si](C(C)C)(C(C)C)C(C)C)O[C@](COCc2ccccc2)([C@@H](O)[C@@H]2C(=O)O[C@@H]3O[C@H]2[C@@H](O[Si](C)(C)C(C)(C)C)[C@@H]3OCc2ccccc2)[C@@H]1Br. The summed E-state index contributed by atoms with van der Waals surface area (Å²) in [6.45, 7) is 24.8. The van der Waals surface area contributed by atoms with Crippen LogP contribution in [0.5, 0.6) is 0 Å². The number of hydrogen-bond donors (Lipinski definition) is 1. The van der Waals surface area contributed by atoms with E-state index in [2.05, 4.69) is 107 Å². The van der Waals surface area contributed by atoms with Crippen molar-refractivity contribution in [2.75, 3.05) is 27.1 Å². The van der Waals surface area contributed by atoms with Gasteiger partial charge in [0.25, 0.3) is 0 Å². The lowest BCUT2D eigenvalue weighted by molar-refractivity contribution is -0.271. The average molecular weight is 1000 g/mol. The van der Waals surface area contributed by atoms with Gasteiger partial charge < -0.3 is 47.1 Å². The Morgan fingerprint density at radius 1 is 0.833 bits per heavy atom. The fourth-order valence-corrected chi connectivity index (χ4v) is 18.0. The summed E-state index contributed by atoms with van der Waals surface area (Å²) in [4.78, 5) is 13.4. The van der Waals surface area contributed by atoms with Crippen molar-refractivity contribution < 1.29 is 51.9 Å². The third-order valence-corrected chi connectivity index (χ3v) is 26.2. The van der Waals surface area contributed by atoms with Gasteiger partial charge in [0, 0.05) is 7.11 Å². The molecule has 0 spiro atoms. The molecule has 3 fully saturated rings. The monoisotopic (exact) mass is 1000 g/mol. The highest BCUT2D eigenvalue weighted by molar-refractivity contribution is 9.10. The van der Waals surface area contributed by atoms with Crippen molar-refractivity contribution in [3.8, 4) is 0 Å². The van der Waals surface area contributed by atoms with Crippen molar-refractivity contribution in [1.29, 1.82) is 0 Å². The first kappa shape index (κ1) is 50.0. The number of hydrogen-bond acceptors (Lipinski definition) is 11. The standard InChI is InChI=1S/C45H70Br2O11Si2/c1-28(2)60(29(3)4,30(5)6)54-25-33-35(46)37(53-27-50-10)40(47)45(57-33,26-51-23-31-19-15-13-16-20-31)41(48)34-36-38(58-59(11,12)44(7,8)9)39(43(55-36)56-42(34)49)52-24-32-21-17-14-18-22-32/h13-22,28-30,33-41,43,48H,23-27H2,1-12H3/t33-,34+,35+,36+,37+,38+,39-,40+,41-,43-,45-/m0/s1. The molecule has 3 aliphatic rings. The highest BCUT2D eigenvalue weighted by Crippen LogP contribution is 2.50. The Kier molecular flexibility index (Phi) is 17.4. The Morgan fingerprint density at radius 3 is 1.93 bits per heavy atom. The van der Waals surface area contributed by atoms with E-state index in [9.17, 15) is 9.90 Å². The Balaban J connectivity index is 1.58. The predicted octanol–water partition coefficient (Wildman–Crippen LogP) is 9.28. The van der Waals surface area contributed by atoms with E-state index in [1.54, 1.807) is 7.11 Å². The van der Waals surface area contributed by atoms with E-state index in [0.717, 1.165) is 11.1 Å². The Hall–Kier alpha value is -1.06. The van der Waals surface area contributed by atoms with Gasteiger partial charge in [0.1, 0.15) is 42.7 Å². The number of aliphatic hydroxyl groups is 1. The van der Waals surface area contributed by atoms with Crippen LogP contribution in [0.1, 0.15) is 73.4 Å². The number of aliphatic hydroxyl groups excluding tert-OH is 1. The topological polar surface area (TPSA) is 120 Å². The third-order valence-electron chi connectivity index (χ3n) is 13.2. The minimum absolute atomic E-state index is 0.0239. The first-order valence-corrected chi connectivity index (χ1v) is 28.3. The molecule has 338 valence electrons. The molecule has 1 N–H and O–H groups in total. The van der Waals surface area contributed by atoms with Gasteiger partial charge in [-0.1, -0.05) is 155 Å². The molecule has 15 heteroatoms. The molecule has 0 unspecified atom stereocenters. The first-order chi connectivity index (χ1) is 28.2. The van der Waals surface area contributed by atoms with E-state index in [4.69, 9.17) is 42.0 Å². The number of halogens is 2. The summed E-state index contributed by atoms with van der Waals surface area (Å²) < 4.78 is 59.2. The minimum atomic E-state index is -2.53. The van der Waals surface area contributed by atoms with Crippen molar-refractivity contribution in [3.63, 3.8) is 0 Å². The lowest BCUT2D eigenvalue weighted by Gasteiger charge is -2.54. The highest BCUT2D eigenvalue weighted by atomic mass is 79.9. The zero-order valence-corrected chi connectivity index (χ0v) is 42.8. The number of rotatable bonds is 20. The molecule has 0 saturated carbocycles. The maximum atomic E-state index is 14.5. The fourth-order valence-electron chi connectivity index (χ4n) is 9.14. The molecule has 0 amide bonds. The maximum Gasteiger partial charge on any atom is 0.316 e. The normalized spacial score (nSPS) is 30.6. The molecule has 2 aromatic rings. The van der Waals surface area contributed by atoms with Crippen molar-refractivity contribution in [2.24, 2.45) is 5.92 Å². The number of methoxy groups -OCH3 is 1. The van der Waals surface area contributed by atoms with Crippen LogP contribution in [0.3, 0.4) is 0 Å². The van der Waals surface area contributed by atoms with E-state index in [1.165, 1.54) is 0 Å². The molecular formula is C45H70Br2O11Si2. The number of carbonyl (C=O) groups excluding carboxylic acids is 1. The van der Waals surface area contributed by atoms with Crippen LogP contribution in [0.2, 0.25) is 34.8 Å². The lowest BCUT2D eigenvalue weighted by Crippen LogP contribution is -2.71. The molecule has 60 heavy (non-hydrogen) atoms. The van der Waals surface area contributed by atoms with Crippen LogP contribution in [0.15, 0.2) is 60.7 Å². The van der Waals surface area contributed by atoms with Crippen LogP contribution in [0.25, 0.3) is 0 Å². The number of carbonyl (C=O) groups is 1. The van der Waals surface area contributed by atoms with Gasteiger partial charge in [-0.05, 0) is 45.9 Å². The van der Waals surface area contributed by atoms with Crippen LogP contribution in [-0.4, -0.2) is 113 Å². The Morgan fingerprint density at radius 2 is 1.40 bits per heavy atom. The summed E-state index contributed by atoms with van der Waals surface area (Å²) in [6.07, 6.45) is -6.29. The number of fused-ring (bicyclic) bond motifs is 2. The zero-order chi connectivity index (χ0) is 44.2. The fraction of sp³-hybridized carbons (Fsp3) is 0.711. The Bertz CT molecular complexity index is 1630. The van der Waals surface area contributed by atoms with E-state index in [1.807, 2.05) is 60.7 Å². The number of ether oxygens (including phenoxy) is 7. The van der Waals surface area contributed by atoms with Crippen molar-refractivity contribution in [1.82, 2.24) is 0 Å². The van der Waals surface area contributed by atoms with Gasteiger partial charge in [-0.2, -0.15) is 0 Å². The largest absolute Gasteiger partial charge is 0.432 e. The molecule has 2 aromatic carbocycles. The van der Waals surface area contributed by atoms with Gasteiger partial charge >= 0.3 is 5.97 Å². The van der Waals surface area contributed by atoms with Gasteiger partial charge in [0.15, 0.2) is 16.6 Å². The molecule has 0 radical (unpaired) electrons. The molecule has 5 rings (SSSR count). The summed E-state index contributed by atoms with van der Waals surface area (Å²) in [5, 5.41) is 13.0. The molecule has 11 atom stereocenters. The van der Waals surface area contributed by atoms with Crippen molar-refractivity contribution in [2.45, 2.75) is 168 Å². The number of esters is 1. The average Bonchev–Trinajstić information content (AvgIpc) is 3.44. The van der Waals surface area contributed by atoms with Crippen LogP contribution < -0.4 is 0 Å². The van der Waals surface area contributed by atoms with E-state index < -0.39 is 86.7 Å². The van der Waals surface area contributed by atoms with Crippen LogP contribution in [0.4, 0.5) is 0 Å². The van der Waals surface area contributed by atoms with Gasteiger partial charge in [-0.15, -0.1) is 0 Å². The van der Waals surface area contributed by atoms with Gasteiger partial charge in [0.2, 0.25) is 6.29 Å². The maximum absolute atomic E-state index is 14.5. The molecular weight excluding hydrogens is 932 g/mol. The van der Waals surface area contributed by atoms with Gasteiger partial charge in [0.05, 0.1) is 48.3 Å². The second kappa shape index (κ2) is 20.8. The minimum Gasteiger partial charge on any atom is -0.432 e. The van der Waals surface area contributed by atoms with Crippen LogP contribution in [0, 0.1) is 5.92 Å². The second-order valence-electron chi connectivity index (χ2n) is 19.1. The third kappa shape index (κ3) is 10.6. The summed E-state index contributed by atoms with van der Waals surface area (Å²) >= 11 is 7.92. The molecule has 3 aliphatic heterocycles.